The normalized spacial score (nSPS) is 26.7. The maximum absolute atomic E-state index is 11.6. The lowest BCUT2D eigenvalue weighted by atomic mass is 9.77. The van der Waals surface area contributed by atoms with E-state index in [9.17, 15) is 4.79 Å². The number of ether oxygens (including phenoxy) is 2. The zero-order chi connectivity index (χ0) is 15.6. The van der Waals surface area contributed by atoms with Gasteiger partial charge in [-0.3, -0.25) is 0 Å². The molecule has 0 radical (unpaired) electrons. The van der Waals surface area contributed by atoms with Gasteiger partial charge in [0.25, 0.3) is 0 Å². The Balaban J connectivity index is 1.79. The second-order valence-electron chi connectivity index (χ2n) is 6.06. The van der Waals surface area contributed by atoms with E-state index in [1.54, 1.807) is 12.1 Å². The molecule has 0 aromatic heterocycles. The van der Waals surface area contributed by atoms with Gasteiger partial charge in [-0.15, -0.1) is 0 Å². The third kappa shape index (κ3) is 2.79. The Morgan fingerprint density at radius 1 is 1.41 bits per heavy atom. The minimum atomic E-state index is -0.340. The maximum atomic E-state index is 11.6. The van der Waals surface area contributed by atoms with E-state index in [1.807, 2.05) is 6.07 Å². The number of esters is 1. The van der Waals surface area contributed by atoms with E-state index >= 15 is 0 Å². The van der Waals surface area contributed by atoms with Gasteiger partial charge < -0.3 is 14.8 Å². The van der Waals surface area contributed by atoms with E-state index in [-0.39, 0.29) is 17.4 Å². The van der Waals surface area contributed by atoms with Gasteiger partial charge in [-0.25, -0.2) is 4.79 Å². The quantitative estimate of drug-likeness (QED) is 0.853. The molecule has 116 valence electrons. The summed E-state index contributed by atoms with van der Waals surface area (Å²) in [5.41, 5.74) is 1.63. The Kier molecular flexibility index (Phi) is 4.03. The smallest absolute Gasteiger partial charge is 0.337 e. The summed E-state index contributed by atoms with van der Waals surface area (Å²) in [6.45, 7) is 3.55. The second-order valence-corrected chi connectivity index (χ2v) is 6.06. The highest BCUT2D eigenvalue weighted by molar-refractivity contribution is 5.89. The van der Waals surface area contributed by atoms with Gasteiger partial charge in [-0.2, -0.15) is 0 Å². The first-order chi connectivity index (χ1) is 10.6. The fourth-order valence-electron chi connectivity index (χ4n) is 2.97. The van der Waals surface area contributed by atoms with Gasteiger partial charge in [0.15, 0.2) is 0 Å². The van der Waals surface area contributed by atoms with Crippen LogP contribution in [0.1, 0.15) is 29.3 Å². The molecular formula is C18H21NO3. The number of allylic oxidation sites excluding steroid dienone is 3. The summed E-state index contributed by atoms with van der Waals surface area (Å²) in [4.78, 5) is 11.6. The Morgan fingerprint density at radius 3 is 3.00 bits per heavy atom. The molecule has 0 bridgehead atoms. The average molecular weight is 299 g/mol. The third-order valence-corrected chi connectivity index (χ3v) is 4.51. The number of hydrogen-bond donors (Lipinski definition) is 1. The van der Waals surface area contributed by atoms with Crippen LogP contribution < -0.4 is 10.1 Å². The van der Waals surface area contributed by atoms with Gasteiger partial charge in [0.1, 0.15) is 12.4 Å². The van der Waals surface area contributed by atoms with Crippen LogP contribution in [0, 0.1) is 5.41 Å². The summed E-state index contributed by atoms with van der Waals surface area (Å²) in [6.07, 6.45) is 9.60. The third-order valence-electron chi connectivity index (χ3n) is 4.51. The van der Waals surface area contributed by atoms with Crippen molar-refractivity contribution in [1.82, 2.24) is 5.32 Å². The number of carbonyl (C=O) groups excluding carboxylic acids is 1. The molecule has 1 aliphatic carbocycles. The van der Waals surface area contributed by atoms with E-state index in [2.05, 4.69) is 36.5 Å². The molecule has 1 aromatic carbocycles. The number of hydrogen-bond acceptors (Lipinski definition) is 4. The van der Waals surface area contributed by atoms with Crippen LogP contribution in [0.2, 0.25) is 0 Å². The van der Waals surface area contributed by atoms with E-state index in [0.29, 0.717) is 12.2 Å². The molecule has 4 heteroatoms. The molecule has 0 saturated carbocycles. The number of fused-ring (bicyclic) bond motifs is 1. The van der Waals surface area contributed by atoms with E-state index < -0.39 is 0 Å². The average Bonchev–Trinajstić information content (AvgIpc) is 2.77. The number of benzene rings is 1. The van der Waals surface area contributed by atoms with Crippen molar-refractivity contribution in [3.63, 3.8) is 0 Å². The standard InChI is InChI=1S/C18H21NO3/c1-18(8-4-3-5-9-18)16-12-22-15-10-13(17(20)21-2)6-7-14(15)11-19-16/h3-8,10,16,19H,9,11-12H2,1-2H3/t16-,18?/m1/s1. The minimum Gasteiger partial charge on any atom is -0.492 e. The topological polar surface area (TPSA) is 47.6 Å². The molecule has 0 fully saturated rings. The lowest BCUT2D eigenvalue weighted by Crippen LogP contribution is -2.45. The van der Waals surface area contributed by atoms with Gasteiger partial charge in [0.2, 0.25) is 0 Å². The van der Waals surface area contributed by atoms with Crippen molar-refractivity contribution >= 4 is 5.97 Å². The number of nitrogens with one attached hydrogen (secondary N) is 1. The van der Waals surface area contributed by atoms with Crippen LogP contribution in [0.15, 0.2) is 42.5 Å². The molecule has 1 heterocycles. The van der Waals surface area contributed by atoms with Crippen LogP contribution in [-0.4, -0.2) is 25.7 Å². The molecule has 0 amide bonds. The van der Waals surface area contributed by atoms with Gasteiger partial charge in [0.05, 0.1) is 18.7 Å². The summed E-state index contributed by atoms with van der Waals surface area (Å²) in [5, 5.41) is 3.58. The molecular weight excluding hydrogens is 278 g/mol. The van der Waals surface area contributed by atoms with E-state index in [4.69, 9.17) is 9.47 Å². The van der Waals surface area contributed by atoms with Crippen LogP contribution in [0.5, 0.6) is 5.75 Å². The maximum Gasteiger partial charge on any atom is 0.337 e. The van der Waals surface area contributed by atoms with Crippen molar-refractivity contribution < 1.29 is 14.3 Å². The molecule has 2 atom stereocenters. The number of carbonyl (C=O) groups is 1. The molecule has 22 heavy (non-hydrogen) atoms. The molecule has 1 aromatic rings. The number of methoxy groups -OCH3 is 1. The Hall–Kier alpha value is -2.07. The summed E-state index contributed by atoms with van der Waals surface area (Å²) >= 11 is 0. The van der Waals surface area contributed by atoms with Crippen LogP contribution in [0.4, 0.5) is 0 Å². The van der Waals surface area contributed by atoms with E-state index in [0.717, 1.165) is 24.3 Å². The molecule has 1 unspecified atom stereocenters. The first-order valence-electron chi connectivity index (χ1n) is 7.54. The summed E-state index contributed by atoms with van der Waals surface area (Å²) in [5.74, 6) is 0.421. The Morgan fingerprint density at radius 2 is 2.27 bits per heavy atom. The highest BCUT2D eigenvalue weighted by Crippen LogP contribution is 2.34. The van der Waals surface area contributed by atoms with Crippen molar-refractivity contribution in [3.05, 3.63) is 53.6 Å². The molecule has 0 spiro atoms. The molecule has 2 aliphatic rings. The van der Waals surface area contributed by atoms with Gasteiger partial charge in [0, 0.05) is 17.5 Å². The van der Waals surface area contributed by atoms with Crippen molar-refractivity contribution in [2.75, 3.05) is 13.7 Å². The van der Waals surface area contributed by atoms with Crippen LogP contribution >= 0.6 is 0 Å². The predicted molar refractivity (Wildman–Crippen MR) is 84.9 cm³/mol. The van der Waals surface area contributed by atoms with E-state index in [1.165, 1.54) is 7.11 Å². The fourth-order valence-corrected chi connectivity index (χ4v) is 2.97. The fraction of sp³-hybridized carbons (Fsp3) is 0.389. The zero-order valence-corrected chi connectivity index (χ0v) is 13.0. The van der Waals surface area contributed by atoms with Gasteiger partial charge >= 0.3 is 5.97 Å². The summed E-state index contributed by atoms with van der Waals surface area (Å²) < 4.78 is 10.8. The summed E-state index contributed by atoms with van der Waals surface area (Å²) in [6, 6.07) is 5.70. The van der Waals surface area contributed by atoms with Crippen LogP contribution in [-0.2, 0) is 11.3 Å². The zero-order valence-electron chi connectivity index (χ0n) is 13.0. The lowest BCUT2D eigenvalue weighted by molar-refractivity contribution is 0.0600. The number of rotatable bonds is 2. The highest BCUT2D eigenvalue weighted by atomic mass is 16.5. The summed E-state index contributed by atoms with van der Waals surface area (Å²) in [7, 11) is 1.39. The Labute approximate surface area is 130 Å². The SMILES string of the molecule is COC(=O)c1ccc2c(c1)OC[C@H](C1(C)C=CC=CC1)NC2. The second kappa shape index (κ2) is 5.97. The molecule has 3 rings (SSSR count). The van der Waals surface area contributed by atoms with Gasteiger partial charge in [-0.05, 0) is 18.6 Å². The molecule has 1 aliphatic heterocycles. The van der Waals surface area contributed by atoms with Crippen molar-refractivity contribution in [2.45, 2.75) is 25.9 Å². The first-order valence-corrected chi connectivity index (χ1v) is 7.54. The lowest BCUT2D eigenvalue weighted by Gasteiger charge is -2.35. The Bertz CT molecular complexity index is 635. The van der Waals surface area contributed by atoms with Crippen molar-refractivity contribution in [2.24, 2.45) is 5.41 Å². The largest absolute Gasteiger partial charge is 0.492 e. The van der Waals surface area contributed by atoms with Crippen molar-refractivity contribution in [1.29, 1.82) is 0 Å². The predicted octanol–water partition coefficient (Wildman–Crippen LogP) is 2.85. The van der Waals surface area contributed by atoms with Crippen molar-refractivity contribution in [3.8, 4) is 5.75 Å². The molecule has 0 saturated heterocycles. The minimum absolute atomic E-state index is 0.0436. The molecule has 1 N–H and O–H groups in total. The highest BCUT2D eigenvalue weighted by Gasteiger charge is 2.33. The van der Waals surface area contributed by atoms with Gasteiger partial charge in [-0.1, -0.05) is 37.3 Å². The van der Waals surface area contributed by atoms with Crippen LogP contribution in [0.25, 0.3) is 0 Å². The first kappa shape index (κ1) is 14.9. The van der Waals surface area contributed by atoms with Crippen LogP contribution in [0.3, 0.4) is 0 Å². The monoisotopic (exact) mass is 299 g/mol. The molecule has 4 nitrogen and oxygen atoms in total.